The summed E-state index contributed by atoms with van der Waals surface area (Å²) in [5, 5.41) is 7.74. The van der Waals surface area contributed by atoms with Crippen molar-refractivity contribution in [1.82, 2.24) is 0 Å². The van der Waals surface area contributed by atoms with Crippen molar-refractivity contribution >= 4 is 11.7 Å². The fraction of sp³-hybridized carbons (Fsp3) is 0.273. The van der Waals surface area contributed by atoms with Crippen LogP contribution in [0.3, 0.4) is 0 Å². The first-order valence-electron chi connectivity index (χ1n) is 4.81. The molecule has 6 nitrogen and oxygen atoms in total. The Bertz CT molecular complexity index is 409. The highest BCUT2D eigenvalue weighted by Crippen LogP contribution is 2.23. The molecule has 0 aliphatic rings. The largest absolute Gasteiger partial charge is 0.497 e. The summed E-state index contributed by atoms with van der Waals surface area (Å²) in [6, 6.07) is 4.95. The first-order valence-corrected chi connectivity index (χ1v) is 4.81. The smallest absolute Gasteiger partial charge is 0.330 e. The molecule has 0 unspecified atom stereocenters. The van der Waals surface area contributed by atoms with Crippen LogP contribution in [0.25, 0.3) is 0 Å². The van der Waals surface area contributed by atoms with E-state index in [-0.39, 0.29) is 12.1 Å². The van der Waals surface area contributed by atoms with Crippen molar-refractivity contribution in [2.24, 2.45) is 5.90 Å². The Morgan fingerprint density at radius 3 is 2.18 bits per heavy atom. The summed E-state index contributed by atoms with van der Waals surface area (Å²) in [7, 11) is 3.02. The third-order valence-corrected chi connectivity index (χ3v) is 2.15. The summed E-state index contributed by atoms with van der Waals surface area (Å²) < 4.78 is 10.1. The lowest BCUT2D eigenvalue weighted by Crippen LogP contribution is -2.15. The van der Waals surface area contributed by atoms with Crippen molar-refractivity contribution in [1.29, 1.82) is 5.41 Å². The van der Waals surface area contributed by atoms with Gasteiger partial charge in [-0.05, 0) is 12.1 Å². The molecule has 0 amide bonds. The Morgan fingerprint density at radius 1 is 1.24 bits per heavy atom. The maximum absolute atomic E-state index is 11.0. The number of ether oxygens (including phenoxy) is 2. The lowest BCUT2D eigenvalue weighted by atomic mass is 10.1. The van der Waals surface area contributed by atoms with Crippen LogP contribution in [0, 0.1) is 5.41 Å². The predicted octanol–water partition coefficient (Wildman–Crippen LogP) is 0.879. The molecule has 0 radical (unpaired) electrons. The van der Waals surface area contributed by atoms with Crippen LogP contribution in [0.5, 0.6) is 11.5 Å². The Morgan fingerprint density at radius 2 is 1.76 bits per heavy atom. The molecule has 0 saturated carbocycles. The Kier molecular flexibility index (Phi) is 4.47. The molecule has 6 heteroatoms. The zero-order chi connectivity index (χ0) is 12.8. The van der Waals surface area contributed by atoms with Gasteiger partial charge in [0, 0.05) is 11.6 Å². The molecular weight excluding hydrogens is 224 g/mol. The van der Waals surface area contributed by atoms with E-state index in [1.165, 1.54) is 14.2 Å². The van der Waals surface area contributed by atoms with E-state index in [9.17, 15) is 4.79 Å². The summed E-state index contributed by atoms with van der Waals surface area (Å²) >= 11 is 0. The molecule has 1 rings (SSSR count). The maximum Gasteiger partial charge on any atom is 0.330 e. The molecule has 0 fully saturated rings. The summed E-state index contributed by atoms with van der Waals surface area (Å²) in [5.41, 5.74) is 0.601. The number of nitrogens with two attached hydrogens (primary N) is 1. The Labute approximate surface area is 98.7 Å². The molecule has 0 atom stereocenters. The van der Waals surface area contributed by atoms with Crippen molar-refractivity contribution in [3.8, 4) is 11.5 Å². The highest BCUT2D eigenvalue weighted by molar-refractivity contribution is 6.07. The molecule has 0 bridgehead atoms. The maximum atomic E-state index is 11.0. The highest BCUT2D eigenvalue weighted by Gasteiger charge is 2.11. The van der Waals surface area contributed by atoms with Crippen molar-refractivity contribution in [3.63, 3.8) is 0 Å². The van der Waals surface area contributed by atoms with E-state index < -0.39 is 5.97 Å². The van der Waals surface area contributed by atoms with E-state index in [1.54, 1.807) is 18.2 Å². The lowest BCUT2D eigenvalue weighted by molar-refractivity contribution is -0.142. The van der Waals surface area contributed by atoms with Gasteiger partial charge in [-0.2, -0.15) is 5.90 Å². The monoisotopic (exact) mass is 238 g/mol. The van der Waals surface area contributed by atoms with Crippen LogP contribution in [0.15, 0.2) is 18.2 Å². The molecule has 0 aliphatic carbocycles. The van der Waals surface area contributed by atoms with Crippen molar-refractivity contribution in [3.05, 3.63) is 23.8 Å². The minimum Gasteiger partial charge on any atom is -0.497 e. The molecule has 92 valence electrons. The van der Waals surface area contributed by atoms with Crippen molar-refractivity contribution in [2.75, 3.05) is 14.2 Å². The summed E-state index contributed by atoms with van der Waals surface area (Å²) in [4.78, 5) is 15.0. The standard InChI is InChI=1S/C11H14N2O4/c1-15-8-3-7(4-9(5-8)16-2)10(12)6-11(14)17-13/h3-5,12H,6,13H2,1-2H3. The van der Waals surface area contributed by atoms with Gasteiger partial charge in [0.15, 0.2) is 0 Å². The molecule has 0 spiro atoms. The van der Waals surface area contributed by atoms with Crippen molar-refractivity contribution in [2.45, 2.75) is 6.42 Å². The topological polar surface area (TPSA) is 94.6 Å². The van der Waals surface area contributed by atoms with Crippen LogP contribution in [0.4, 0.5) is 0 Å². The zero-order valence-corrected chi connectivity index (χ0v) is 9.65. The number of carbonyl (C=O) groups excluding carboxylic acids is 1. The van der Waals surface area contributed by atoms with E-state index in [2.05, 4.69) is 4.84 Å². The second-order valence-corrected chi connectivity index (χ2v) is 3.25. The highest BCUT2D eigenvalue weighted by atomic mass is 16.7. The summed E-state index contributed by atoms with van der Waals surface area (Å²) in [6.07, 6.45) is -0.202. The number of methoxy groups -OCH3 is 2. The molecule has 0 saturated heterocycles. The van der Waals surface area contributed by atoms with Gasteiger partial charge in [-0.3, -0.25) is 0 Å². The number of benzene rings is 1. The van der Waals surface area contributed by atoms with Gasteiger partial charge < -0.3 is 19.7 Å². The van der Waals surface area contributed by atoms with Gasteiger partial charge in [0.25, 0.3) is 0 Å². The SMILES string of the molecule is COc1cc(OC)cc(C(=N)CC(=O)ON)c1. The summed E-state index contributed by atoms with van der Waals surface area (Å²) in [6.45, 7) is 0. The van der Waals surface area contributed by atoms with Gasteiger partial charge in [-0.1, -0.05) is 0 Å². The molecule has 1 aromatic rings. The normalized spacial score (nSPS) is 9.59. The second kappa shape index (κ2) is 5.86. The molecule has 1 aromatic carbocycles. The lowest BCUT2D eigenvalue weighted by Gasteiger charge is -2.08. The Hall–Kier alpha value is -2.08. The molecule has 0 heterocycles. The second-order valence-electron chi connectivity index (χ2n) is 3.25. The number of rotatable bonds is 5. The fourth-order valence-electron chi connectivity index (χ4n) is 1.27. The first kappa shape index (κ1) is 13.0. The van der Waals surface area contributed by atoms with Gasteiger partial charge in [-0.15, -0.1) is 0 Å². The predicted molar refractivity (Wildman–Crippen MR) is 61.3 cm³/mol. The third-order valence-electron chi connectivity index (χ3n) is 2.15. The van der Waals surface area contributed by atoms with Crippen LogP contribution in [0.2, 0.25) is 0 Å². The molecule has 3 N–H and O–H groups in total. The fourth-order valence-corrected chi connectivity index (χ4v) is 1.27. The third kappa shape index (κ3) is 3.46. The van der Waals surface area contributed by atoms with Crippen LogP contribution >= 0.6 is 0 Å². The van der Waals surface area contributed by atoms with Crippen LogP contribution in [0.1, 0.15) is 12.0 Å². The zero-order valence-electron chi connectivity index (χ0n) is 9.65. The number of hydrogen-bond acceptors (Lipinski definition) is 6. The van der Waals surface area contributed by atoms with Crippen LogP contribution in [-0.2, 0) is 9.63 Å². The average molecular weight is 238 g/mol. The number of hydrogen-bond donors (Lipinski definition) is 2. The van der Waals surface area contributed by atoms with E-state index in [1.807, 2.05) is 0 Å². The minimum absolute atomic E-state index is 0.0812. The van der Waals surface area contributed by atoms with Gasteiger partial charge in [0.1, 0.15) is 11.5 Å². The summed E-state index contributed by atoms with van der Waals surface area (Å²) in [5.74, 6) is 5.14. The van der Waals surface area contributed by atoms with E-state index in [0.717, 1.165) is 0 Å². The molecular formula is C11H14N2O4. The van der Waals surface area contributed by atoms with Crippen LogP contribution in [-0.4, -0.2) is 25.9 Å². The quantitative estimate of drug-likeness (QED) is 0.586. The van der Waals surface area contributed by atoms with E-state index in [4.69, 9.17) is 20.8 Å². The van der Waals surface area contributed by atoms with Gasteiger partial charge in [0.2, 0.25) is 0 Å². The number of carbonyl (C=O) groups is 1. The van der Waals surface area contributed by atoms with Gasteiger partial charge in [-0.25, -0.2) is 4.79 Å². The first-order chi connectivity index (χ1) is 8.10. The van der Waals surface area contributed by atoms with Crippen LogP contribution < -0.4 is 15.4 Å². The Balaban J connectivity index is 2.96. The number of nitrogens with one attached hydrogen (secondary N) is 1. The van der Waals surface area contributed by atoms with Crippen molar-refractivity contribution < 1.29 is 19.1 Å². The van der Waals surface area contributed by atoms with Gasteiger partial charge >= 0.3 is 5.97 Å². The van der Waals surface area contributed by atoms with E-state index in [0.29, 0.717) is 17.1 Å². The van der Waals surface area contributed by atoms with Gasteiger partial charge in [0.05, 0.1) is 26.4 Å². The molecule has 0 aliphatic heterocycles. The molecule has 17 heavy (non-hydrogen) atoms. The average Bonchev–Trinajstić information content (AvgIpc) is 2.37. The minimum atomic E-state index is -0.670. The van der Waals surface area contributed by atoms with E-state index >= 15 is 0 Å². The molecule has 0 aromatic heterocycles.